The summed E-state index contributed by atoms with van der Waals surface area (Å²) in [7, 11) is 0. The quantitative estimate of drug-likeness (QED) is 0.421. The average Bonchev–Trinajstić information content (AvgIpc) is 2.62. The highest BCUT2D eigenvalue weighted by atomic mass is 16.6. The van der Waals surface area contributed by atoms with Crippen molar-refractivity contribution in [1.29, 1.82) is 0 Å². The lowest BCUT2D eigenvalue weighted by molar-refractivity contribution is -0.385. The van der Waals surface area contributed by atoms with Gasteiger partial charge in [-0.1, -0.05) is 12.1 Å². The summed E-state index contributed by atoms with van der Waals surface area (Å²) in [5.41, 5.74) is 2.59. The second-order valence-corrected chi connectivity index (χ2v) is 6.51. The molecular formula is C20H23N3O5. The highest BCUT2D eigenvalue weighted by Gasteiger charge is 2.18. The van der Waals surface area contributed by atoms with Gasteiger partial charge in [0.2, 0.25) is 0 Å². The number of hydrogen-bond donors (Lipinski definition) is 1. The van der Waals surface area contributed by atoms with E-state index < -0.39 is 10.8 Å². The average molecular weight is 385 g/mol. The van der Waals surface area contributed by atoms with E-state index in [1.165, 1.54) is 24.4 Å². The maximum absolute atomic E-state index is 12.2. The van der Waals surface area contributed by atoms with Gasteiger partial charge >= 0.3 is 0 Å². The van der Waals surface area contributed by atoms with Crippen LogP contribution < -0.4 is 14.9 Å². The minimum absolute atomic E-state index is 0.0207. The van der Waals surface area contributed by atoms with Crippen LogP contribution in [0.1, 0.15) is 43.6 Å². The lowest BCUT2D eigenvalue weighted by Gasteiger charge is -2.15. The number of para-hydroxylation sites is 1. The fourth-order valence-electron chi connectivity index (χ4n) is 2.37. The van der Waals surface area contributed by atoms with E-state index in [1.807, 2.05) is 27.7 Å². The van der Waals surface area contributed by atoms with Crippen molar-refractivity contribution in [2.75, 3.05) is 0 Å². The number of carbonyl (C=O) groups is 1. The van der Waals surface area contributed by atoms with Crippen molar-refractivity contribution < 1.29 is 19.2 Å². The number of hydrazone groups is 1. The summed E-state index contributed by atoms with van der Waals surface area (Å²) in [4.78, 5) is 22.6. The number of nitro groups is 1. The molecule has 0 aliphatic heterocycles. The number of rotatable bonds is 8. The van der Waals surface area contributed by atoms with Gasteiger partial charge in [-0.25, -0.2) is 5.43 Å². The number of ether oxygens (including phenoxy) is 2. The zero-order valence-electron chi connectivity index (χ0n) is 16.2. The highest BCUT2D eigenvalue weighted by molar-refractivity contribution is 5.98. The maximum Gasteiger partial charge on any atom is 0.282 e. The molecule has 8 nitrogen and oxygen atoms in total. The molecule has 1 N–H and O–H groups in total. The molecule has 28 heavy (non-hydrogen) atoms. The Morgan fingerprint density at radius 3 is 2.43 bits per heavy atom. The summed E-state index contributed by atoms with van der Waals surface area (Å²) in [6, 6.07) is 11.0. The van der Waals surface area contributed by atoms with Crippen LogP contribution in [0.3, 0.4) is 0 Å². The predicted octanol–water partition coefficient (Wildman–Crippen LogP) is 3.93. The van der Waals surface area contributed by atoms with E-state index in [9.17, 15) is 14.9 Å². The maximum atomic E-state index is 12.2. The highest BCUT2D eigenvalue weighted by Crippen LogP contribution is 2.25. The van der Waals surface area contributed by atoms with Gasteiger partial charge in [0.15, 0.2) is 0 Å². The Kier molecular flexibility index (Phi) is 7.08. The van der Waals surface area contributed by atoms with Gasteiger partial charge in [-0.15, -0.1) is 0 Å². The number of amides is 1. The Morgan fingerprint density at radius 1 is 1.11 bits per heavy atom. The van der Waals surface area contributed by atoms with Gasteiger partial charge < -0.3 is 9.47 Å². The zero-order chi connectivity index (χ0) is 20.7. The van der Waals surface area contributed by atoms with Crippen molar-refractivity contribution in [3.05, 3.63) is 63.7 Å². The first kappa shape index (κ1) is 20.9. The van der Waals surface area contributed by atoms with E-state index >= 15 is 0 Å². The van der Waals surface area contributed by atoms with E-state index in [0.717, 1.165) is 0 Å². The number of nitrogens with zero attached hydrogens (tertiary/aromatic N) is 2. The smallest absolute Gasteiger partial charge is 0.282 e. The normalized spacial score (nSPS) is 11.1. The monoisotopic (exact) mass is 385 g/mol. The van der Waals surface area contributed by atoms with Gasteiger partial charge in [0.1, 0.15) is 17.1 Å². The van der Waals surface area contributed by atoms with Crippen LogP contribution in [-0.2, 0) is 0 Å². The topological polar surface area (TPSA) is 103 Å². The standard InChI is InChI=1S/C20H23N3O5/c1-13(2)27-16-10-9-15(19(11-16)28-14(3)4)12-21-22-20(24)17-7-5-6-8-18(17)23(25)26/h5-14H,1-4H3,(H,22,24)/b21-12-. The SMILES string of the molecule is CC(C)Oc1ccc(/C=N\NC(=O)c2ccccc2[N+](=O)[O-])c(OC(C)C)c1. The Hall–Kier alpha value is -3.42. The number of nitrogens with one attached hydrogen (secondary N) is 1. The van der Waals surface area contributed by atoms with Crippen LogP contribution in [0.2, 0.25) is 0 Å². The van der Waals surface area contributed by atoms with Crippen molar-refractivity contribution in [2.24, 2.45) is 5.10 Å². The Bertz CT molecular complexity index is 878. The molecule has 2 aromatic rings. The minimum Gasteiger partial charge on any atom is -0.491 e. The van der Waals surface area contributed by atoms with Crippen LogP contribution in [0.5, 0.6) is 11.5 Å². The molecule has 8 heteroatoms. The van der Waals surface area contributed by atoms with Gasteiger partial charge in [-0.2, -0.15) is 5.10 Å². The van der Waals surface area contributed by atoms with Gasteiger partial charge in [0.05, 0.1) is 23.3 Å². The molecule has 0 saturated heterocycles. The van der Waals surface area contributed by atoms with E-state index in [1.54, 1.807) is 24.3 Å². The lowest BCUT2D eigenvalue weighted by Crippen LogP contribution is -2.19. The molecule has 0 aromatic heterocycles. The molecule has 2 rings (SSSR count). The largest absolute Gasteiger partial charge is 0.491 e. The Morgan fingerprint density at radius 2 is 1.79 bits per heavy atom. The number of carbonyl (C=O) groups excluding carboxylic acids is 1. The summed E-state index contributed by atoms with van der Waals surface area (Å²) in [5, 5.41) is 14.9. The minimum atomic E-state index is -0.672. The molecule has 0 heterocycles. The van der Waals surface area contributed by atoms with E-state index in [2.05, 4.69) is 10.5 Å². The number of nitro benzene ring substituents is 1. The molecule has 0 unspecified atom stereocenters. The summed E-state index contributed by atoms with van der Waals surface area (Å²) in [6.45, 7) is 7.65. The van der Waals surface area contributed by atoms with Crippen LogP contribution in [-0.4, -0.2) is 29.3 Å². The summed E-state index contributed by atoms with van der Waals surface area (Å²) >= 11 is 0. The van der Waals surface area contributed by atoms with E-state index in [4.69, 9.17) is 9.47 Å². The molecule has 148 valence electrons. The van der Waals surface area contributed by atoms with Crippen LogP contribution in [0.15, 0.2) is 47.6 Å². The molecule has 2 aromatic carbocycles. The molecular weight excluding hydrogens is 362 g/mol. The number of hydrogen-bond acceptors (Lipinski definition) is 6. The third-order valence-corrected chi connectivity index (χ3v) is 3.43. The van der Waals surface area contributed by atoms with Gasteiger partial charge in [0, 0.05) is 17.7 Å². The van der Waals surface area contributed by atoms with Crippen molar-refractivity contribution in [1.82, 2.24) is 5.43 Å². The summed E-state index contributed by atoms with van der Waals surface area (Å²) in [5.74, 6) is 0.540. The molecule has 0 radical (unpaired) electrons. The second kappa shape index (κ2) is 9.50. The lowest BCUT2D eigenvalue weighted by atomic mass is 10.2. The third kappa shape index (κ3) is 5.80. The first-order chi connectivity index (χ1) is 13.3. The molecule has 0 aliphatic rings. The first-order valence-corrected chi connectivity index (χ1v) is 8.82. The van der Waals surface area contributed by atoms with Crippen molar-refractivity contribution in [3.63, 3.8) is 0 Å². The molecule has 0 saturated carbocycles. The van der Waals surface area contributed by atoms with Gasteiger partial charge in [-0.05, 0) is 45.9 Å². The number of benzene rings is 2. The first-order valence-electron chi connectivity index (χ1n) is 8.82. The molecule has 0 bridgehead atoms. The third-order valence-electron chi connectivity index (χ3n) is 3.43. The van der Waals surface area contributed by atoms with Crippen molar-refractivity contribution in [3.8, 4) is 11.5 Å². The Balaban J connectivity index is 2.19. The van der Waals surface area contributed by atoms with Crippen LogP contribution in [0, 0.1) is 10.1 Å². The van der Waals surface area contributed by atoms with Gasteiger partial charge in [-0.3, -0.25) is 14.9 Å². The molecule has 0 atom stereocenters. The predicted molar refractivity (Wildman–Crippen MR) is 106 cm³/mol. The van der Waals surface area contributed by atoms with Crippen LogP contribution in [0.25, 0.3) is 0 Å². The van der Waals surface area contributed by atoms with Gasteiger partial charge in [0.25, 0.3) is 11.6 Å². The van der Waals surface area contributed by atoms with E-state index in [0.29, 0.717) is 17.1 Å². The van der Waals surface area contributed by atoms with Crippen LogP contribution in [0.4, 0.5) is 5.69 Å². The fraction of sp³-hybridized carbons (Fsp3) is 0.300. The summed E-state index contributed by atoms with van der Waals surface area (Å²) < 4.78 is 11.5. The molecule has 0 aliphatic carbocycles. The molecule has 0 spiro atoms. The molecule has 0 fully saturated rings. The Labute approximate surface area is 163 Å². The van der Waals surface area contributed by atoms with Crippen molar-refractivity contribution >= 4 is 17.8 Å². The second-order valence-electron chi connectivity index (χ2n) is 6.51. The van der Waals surface area contributed by atoms with Crippen molar-refractivity contribution in [2.45, 2.75) is 39.9 Å². The fourth-order valence-corrected chi connectivity index (χ4v) is 2.37. The zero-order valence-corrected chi connectivity index (χ0v) is 16.2. The van der Waals surface area contributed by atoms with Crippen LogP contribution >= 0.6 is 0 Å². The molecule has 1 amide bonds. The summed E-state index contributed by atoms with van der Waals surface area (Å²) in [6.07, 6.45) is 1.37. The van der Waals surface area contributed by atoms with E-state index in [-0.39, 0.29) is 23.5 Å².